The lowest BCUT2D eigenvalue weighted by Gasteiger charge is -2.18. The van der Waals surface area contributed by atoms with Crippen molar-refractivity contribution in [3.05, 3.63) is 71.5 Å². The standard InChI is InChI=1S/C22H27N3O3S/c1-16-11-12-19(28-5)18(13-16)24-29(26,27)20-15-25(23-21(20)22(2,3)4)14-17-9-7-6-8-10-17/h6-13,15,24H,14H2,1-5H3. The zero-order chi connectivity index (χ0) is 21.2. The van der Waals surface area contributed by atoms with E-state index in [1.807, 2.05) is 64.1 Å². The summed E-state index contributed by atoms with van der Waals surface area (Å²) >= 11 is 0. The molecule has 154 valence electrons. The molecule has 6 nitrogen and oxygen atoms in total. The van der Waals surface area contributed by atoms with Gasteiger partial charge < -0.3 is 4.74 Å². The summed E-state index contributed by atoms with van der Waals surface area (Å²) in [6, 6.07) is 15.2. The van der Waals surface area contributed by atoms with Crippen molar-refractivity contribution in [2.75, 3.05) is 11.8 Å². The molecule has 0 spiro atoms. The predicted molar refractivity (Wildman–Crippen MR) is 115 cm³/mol. The molecule has 29 heavy (non-hydrogen) atoms. The lowest BCUT2D eigenvalue weighted by Crippen LogP contribution is -2.20. The zero-order valence-electron chi connectivity index (χ0n) is 17.4. The molecule has 0 amide bonds. The number of rotatable bonds is 6. The third kappa shape index (κ3) is 4.79. The van der Waals surface area contributed by atoms with Gasteiger partial charge in [0, 0.05) is 11.6 Å². The number of hydrogen-bond donors (Lipinski definition) is 1. The van der Waals surface area contributed by atoms with E-state index < -0.39 is 15.4 Å². The molecule has 0 unspecified atom stereocenters. The Bertz CT molecular complexity index is 1100. The highest BCUT2D eigenvalue weighted by Gasteiger charge is 2.30. The van der Waals surface area contributed by atoms with Gasteiger partial charge in [0.1, 0.15) is 10.6 Å². The molecule has 3 aromatic rings. The maximum Gasteiger partial charge on any atom is 0.265 e. The van der Waals surface area contributed by atoms with E-state index in [-0.39, 0.29) is 4.90 Å². The highest BCUT2D eigenvalue weighted by atomic mass is 32.2. The molecular weight excluding hydrogens is 386 g/mol. The molecule has 0 fully saturated rings. The van der Waals surface area contributed by atoms with Crippen LogP contribution in [-0.4, -0.2) is 25.3 Å². The number of benzene rings is 2. The average molecular weight is 414 g/mol. The third-order valence-corrected chi connectivity index (χ3v) is 5.88. The number of anilines is 1. The van der Waals surface area contributed by atoms with Crippen molar-refractivity contribution in [1.29, 1.82) is 0 Å². The Labute approximate surface area is 172 Å². The number of nitrogens with zero attached hydrogens (tertiary/aromatic N) is 2. The van der Waals surface area contributed by atoms with Crippen LogP contribution in [-0.2, 0) is 22.0 Å². The van der Waals surface area contributed by atoms with Crippen molar-refractivity contribution < 1.29 is 13.2 Å². The molecule has 1 heterocycles. The van der Waals surface area contributed by atoms with E-state index in [1.165, 1.54) is 7.11 Å². The molecule has 3 rings (SSSR count). The molecule has 7 heteroatoms. The van der Waals surface area contributed by atoms with Crippen molar-refractivity contribution >= 4 is 15.7 Å². The molecule has 0 saturated carbocycles. The first kappa shape index (κ1) is 20.9. The fourth-order valence-corrected chi connectivity index (χ4v) is 4.49. The molecule has 0 radical (unpaired) electrons. The minimum atomic E-state index is -3.86. The van der Waals surface area contributed by atoms with Gasteiger partial charge >= 0.3 is 0 Å². The number of methoxy groups -OCH3 is 1. The second-order valence-corrected chi connectivity index (χ2v) is 9.74. The van der Waals surface area contributed by atoms with Gasteiger partial charge in [0.05, 0.1) is 25.0 Å². The van der Waals surface area contributed by atoms with E-state index in [2.05, 4.69) is 9.82 Å². The maximum atomic E-state index is 13.3. The number of ether oxygens (including phenoxy) is 1. The van der Waals surface area contributed by atoms with Crippen LogP contribution in [0.5, 0.6) is 5.75 Å². The summed E-state index contributed by atoms with van der Waals surface area (Å²) in [7, 11) is -2.35. The molecule has 0 atom stereocenters. The van der Waals surface area contributed by atoms with E-state index in [9.17, 15) is 8.42 Å². The van der Waals surface area contributed by atoms with Crippen molar-refractivity contribution in [3.63, 3.8) is 0 Å². The topological polar surface area (TPSA) is 73.2 Å². The fourth-order valence-electron chi connectivity index (χ4n) is 3.07. The summed E-state index contributed by atoms with van der Waals surface area (Å²) in [5.74, 6) is 0.466. The van der Waals surface area contributed by atoms with Gasteiger partial charge in [0.25, 0.3) is 10.0 Å². The minimum absolute atomic E-state index is 0.171. The van der Waals surface area contributed by atoms with E-state index in [0.29, 0.717) is 23.7 Å². The molecule has 1 aromatic heterocycles. The molecule has 0 aliphatic heterocycles. The van der Waals surface area contributed by atoms with Crippen LogP contribution < -0.4 is 9.46 Å². The number of aryl methyl sites for hydroxylation is 1. The number of sulfonamides is 1. The van der Waals surface area contributed by atoms with Crippen LogP contribution in [0.2, 0.25) is 0 Å². The van der Waals surface area contributed by atoms with Crippen LogP contribution in [0.4, 0.5) is 5.69 Å². The Balaban J connectivity index is 2.03. The number of nitrogens with one attached hydrogen (secondary N) is 1. The second kappa shape index (κ2) is 7.91. The summed E-state index contributed by atoms with van der Waals surface area (Å²) in [6.45, 7) is 8.25. The SMILES string of the molecule is COc1ccc(C)cc1NS(=O)(=O)c1cn(Cc2ccccc2)nc1C(C)(C)C. The van der Waals surface area contributed by atoms with E-state index in [0.717, 1.165) is 11.1 Å². The van der Waals surface area contributed by atoms with Crippen molar-refractivity contribution in [3.8, 4) is 5.75 Å². The van der Waals surface area contributed by atoms with Crippen LogP contribution in [0.15, 0.2) is 59.6 Å². The molecule has 0 aliphatic carbocycles. The van der Waals surface area contributed by atoms with Crippen LogP contribution in [0.1, 0.15) is 37.6 Å². The summed E-state index contributed by atoms with van der Waals surface area (Å²) in [5.41, 5.74) is 2.46. The van der Waals surface area contributed by atoms with E-state index >= 15 is 0 Å². The van der Waals surface area contributed by atoms with Gasteiger partial charge in [-0.1, -0.05) is 57.2 Å². The molecule has 1 N–H and O–H groups in total. The van der Waals surface area contributed by atoms with Crippen molar-refractivity contribution in [2.45, 2.75) is 44.6 Å². The van der Waals surface area contributed by atoms with Gasteiger partial charge in [-0.05, 0) is 30.2 Å². The highest BCUT2D eigenvalue weighted by molar-refractivity contribution is 7.92. The molecule has 0 saturated heterocycles. The van der Waals surface area contributed by atoms with E-state index in [4.69, 9.17) is 4.74 Å². The lowest BCUT2D eigenvalue weighted by molar-refractivity contribution is 0.417. The number of hydrogen-bond acceptors (Lipinski definition) is 4. The largest absolute Gasteiger partial charge is 0.495 e. The third-order valence-electron chi connectivity index (χ3n) is 4.51. The maximum absolute atomic E-state index is 13.3. The highest BCUT2D eigenvalue weighted by Crippen LogP contribution is 2.32. The van der Waals surface area contributed by atoms with Crippen LogP contribution in [0, 0.1) is 6.92 Å². The Morgan fingerprint density at radius 1 is 1.10 bits per heavy atom. The van der Waals surface area contributed by atoms with Gasteiger partial charge in [-0.15, -0.1) is 0 Å². The Hall–Kier alpha value is -2.80. The summed E-state index contributed by atoms with van der Waals surface area (Å²) in [5, 5.41) is 4.61. The molecule has 2 aromatic carbocycles. The second-order valence-electron chi connectivity index (χ2n) is 8.08. The van der Waals surface area contributed by atoms with Crippen molar-refractivity contribution in [1.82, 2.24) is 9.78 Å². The van der Waals surface area contributed by atoms with Crippen molar-refractivity contribution in [2.24, 2.45) is 0 Å². The summed E-state index contributed by atoms with van der Waals surface area (Å²) < 4.78 is 36.3. The Morgan fingerprint density at radius 2 is 1.79 bits per heavy atom. The lowest BCUT2D eigenvalue weighted by atomic mass is 9.92. The van der Waals surface area contributed by atoms with Crippen LogP contribution in [0.3, 0.4) is 0 Å². The first-order valence-electron chi connectivity index (χ1n) is 9.39. The Kier molecular flexibility index (Phi) is 5.71. The van der Waals surface area contributed by atoms with Gasteiger partial charge in [-0.2, -0.15) is 5.10 Å². The first-order valence-corrected chi connectivity index (χ1v) is 10.9. The van der Waals surface area contributed by atoms with Gasteiger partial charge in [0.2, 0.25) is 0 Å². The normalized spacial score (nSPS) is 12.0. The van der Waals surface area contributed by atoms with Gasteiger partial charge in [-0.25, -0.2) is 8.42 Å². The number of aromatic nitrogens is 2. The van der Waals surface area contributed by atoms with Crippen LogP contribution in [0.25, 0.3) is 0 Å². The molecule has 0 bridgehead atoms. The minimum Gasteiger partial charge on any atom is -0.495 e. The summed E-state index contributed by atoms with van der Waals surface area (Å²) in [6.07, 6.45) is 1.60. The fraction of sp³-hybridized carbons (Fsp3) is 0.318. The smallest absolute Gasteiger partial charge is 0.265 e. The first-order chi connectivity index (χ1) is 13.6. The Morgan fingerprint density at radius 3 is 2.41 bits per heavy atom. The molecular formula is C22H27N3O3S. The zero-order valence-corrected chi connectivity index (χ0v) is 18.2. The van der Waals surface area contributed by atoms with Gasteiger partial charge in [-0.3, -0.25) is 9.40 Å². The average Bonchev–Trinajstić information content (AvgIpc) is 3.08. The van der Waals surface area contributed by atoms with Gasteiger partial charge in [0.15, 0.2) is 0 Å². The predicted octanol–water partition coefficient (Wildman–Crippen LogP) is 4.35. The summed E-state index contributed by atoms with van der Waals surface area (Å²) in [4.78, 5) is 0.171. The molecule has 0 aliphatic rings. The van der Waals surface area contributed by atoms with E-state index in [1.54, 1.807) is 23.0 Å². The quantitative estimate of drug-likeness (QED) is 0.652. The van der Waals surface area contributed by atoms with Crippen LogP contribution >= 0.6 is 0 Å². The monoisotopic (exact) mass is 413 g/mol.